The van der Waals surface area contributed by atoms with Crippen LogP contribution in [0, 0.1) is 6.92 Å². The maximum atomic E-state index is 4.35. The van der Waals surface area contributed by atoms with Gasteiger partial charge in [0.05, 0.1) is 5.52 Å². The summed E-state index contributed by atoms with van der Waals surface area (Å²) in [6.07, 6.45) is 3.51. The molecule has 0 unspecified atom stereocenters. The lowest BCUT2D eigenvalue weighted by Gasteiger charge is -2.09. The molecule has 2 nitrogen and oxygen atoms in total. The van der Waals surface area contributed by atoms with Gasteiger partial charge in [-0.2, -0.15) is 0 Å². The summed E-state index contributed by atoms with van der Waals surface area (Å²) in [5.41, 5.74) is 3.63. The topological polar surface area (TPSA) is 25.8 Å². The molecule has 0 saturated heterocycles. The van der Waals surface area contributed by atoms with E-state index < -0.39 is 0 Å². The summed E-state index contributed by atoms with van der Waals surface area (Å²) in [4.78, 5) is 8.42. The molecule has 0 aliphatic rings. The van der Waals surface area contributed by atoms with Crippen molar-refractivity contribution in [2.75, 3.05) is 0 Å². The van der Waals surface area contributed by atoms with E-state index in [1.54, 1.807) is 6.33 Å². The predicted octanol–water partition coefficient (Wildman–Crippen LogP) is 3.06. The van der Waals surface area contributed by atoms with Crippen LogP contribution in [0.5, 0.6) is 0 Å². The lowest BCUT2D eigenvalue weighted by molar-refractivity contribution is 0.871. The zero-order chi connectivity index (χ0) is 10.1. The van der Waals surface area contributed by atoms with Gasteiger partial charge >= 0.3 is 0 Å². The van der Waals surface area contributed by atoms with Crippen molar-refractivity contribution >= 4 is 10.9 Å². The molecule has 0 amide bonds. The molecule has 0 N–H and O–H groups in total. The Balaban J connectivity index is 2.82. The monoisotopic (exact) mass is 186 g/mol. The summed E-state index contributed by atoms with van der Waals surface area (Å²) < 4.78 is 0. The van der Waals surface area contributed by atoms with Crippen LogP contribution in [0.15, 0.2) is 24.7 Å². The Bertz CT molecular complexity index is 461. The van der Waals surface area contributed by atoms with Gasteiger partial charge in [0.1, 0.15) is 6.33 Å². The number of aryl methyl sites for hydroxylation is 1. The highest BCUT2D eigenvalue weighted by molar-refractivity contribution is 5.84. The summed E-state index contributed by atoms with van der Waals surface area (Å²) in [5, 5.41) is 1.17. The minimum atomic E-state index is 0.507. The summed E-state index contributed by atoms with van der Waals surface area (Å²) in [6, 6.07) is 4.30. The first-order valence-corrected chi connectivity index (χ1v) is 4.89. The summed E-state index contributed by atoms with van der Waals surface area (Å²) in [5.74, 6) is 0.507. The maximum Gasteiger partial charge on any atom is 0.116 e. The van der Waals surface area contributed by atoms with Crippen LogP contribution in [-0.4, -0.2) is 9.97 Å². The fourth-order valence-corrected chi connectivity index (χ4v) is 1.70. The first-order valence-electron chi connectivity index (χ1n) is 4.89. The number of nitrogens with zero attached hydrogens (tertiary/aromatic N) is 2. The Kier molecular flexibility index (Phi) is 2.20. The van der Waals surface area contributed by atoms with Gasteiger partial charge in [-0.05, 0) is 24.0 Å². The Morgan fingerprint density at radius 3 is 2.71 bits per heavy atom. The minimum Gasteiger partial charge on any atom is -0.244 e. The van der Waals surface area contributed by atoms with Crippen molar-refractivity contribution in [2.24, 2.45) is 0 Å². The number of fused-ring (bicyclic) bond motifs is 1. The van der Waals surface area contributed by atoms with Gasteiger partial charge in [0.15, 0.2) is 0 Å². The summed E-state index contributed by atoms with van der Waals surface area (Å²) in [6.45, 7) is 6.47. The van der Waals surface area contributed by atoms with Gasteiger partial charge in [0.2, 0.25) is 0 Å². The van der Waals surface area contributed by atoms with Crippen LogP contribution >= 0.6 is 0 Å². The van der Waals surface area contributed by atoms with Gasteiger partial charge < -0.3 is 0 Å². The molecule has 1 heterocycles. The number of aromatic nitrogens is 2. The first-order chi connectivity index (χ1) is 6.70. The molecule has 0 saturated carbocycles. The zero-order valence-electron chi connectivity index (χ0n) is 8.78. The van der Waals surface area contributed by atoms with Crippen LogP contribution in [0.2, 0.25) is 0 Å². The van der Waals surface area contributed by atoms with E-state index in [2.05, 4.69) is 42.9 Å². The van der Waals surface area contributed by atoms with Gasteiger partial charge in [-0.25, -0.2) is 9.97 Å². The lowest BCUT2D eigenvalue weighted by atomic mass is 9.98. The molecule has 2 aromatic rings. The molecule has 0 spiro atoms. The molecule has 14 heavy (non-hydrogen) atoms. The molecule has 1 aromatic heterocycles. The second-order valence-corrected chi connectivity index (χ2v) is 3.91. The van der Waals surface area contributed by atoms with Crippen LogP contribution in [0.1, 0.15) is 30.9 Å². The van der Waals surface area contributed by atoms with Crippen molar-refractivity contribution in [2.45, 2.75) is 26.7 Å². The smallest absolute Gasteiger partial charge is 0.116 e. The van der Waals surface area contributed by atoms with Crippen molar-refractivity contribution in [1.82, 2.24) is 9.97 Å². The second kappa shape index (κ2) is 3.37. The molecular weight excluding hydrogens is 172 g/mol. The van der Waals surface area contributed by atoms with Crippen LogP contribution in [-0.2, 0) is 0 Å². The normalized spacial score (nSPS) is 11.1. The average molecular weight is 186 g/mol. The molecule has 72 valence electrons. The first kappa shape index (κ1) is 9.13. The third-order valence-corrected chi connectivity index (χ3v) is 2.55. The highest BCUT2D eigenvalue weighted by Crippen LogP contribution is 2.24. The zero-order valence-corrected chi connectivity index (χ0v) is 8.78. The van der Waals surface area contributed by atoms with E-state index in [0.717, 1.165) is 5.52 Å². The highest BCUT2D eigenvalue weighted by atomic mass is 14.8. The van der Waals surface area contributed by atoms with Crippen LogP contribution in [0.25, 0.3) is 10.9 Å². The minimum absolute atomic E-state index is 0.507. The van der Waals surface area contributed by atoms with Crippen LogP contribution in [0.3, 0.4) is 0 Å². The van der Waals surface area contributed by atoms with Crippen molar-refractivity contribution in [3.05, 3.63) is 35.8 Å². The molecule has 0 aliphatic heterocycles. The van der Waals surface area contributed by atoms with E-state index in [4.69, 9.17) is 0 Å². The highest BCUT2D eigenvalue weighted by Gasteiger charge is 2.07. The Morgan fingerprint density at radius 1 is 1.21 bits per heavy atom. The fraction of sp³-hybridized carbons (Fsp3) is 0.333. The van der Waals surface area contributed by atoms with E-state index >= 15 is 0 Å². The van der Waals surface area contributed by atoms with Crippen molar-refractivity contribution in [3.63, 3.8) is 0 Å². The van der Waals surface area contributed by atoms with E-state index in [1.165, 1.54) is 16.5 Å². The van der Waals surface area contributed by atoms with Gasteiger partial charge in [0.25, 0.3) is 0 Å². The Labute approximate surface area is 84.0 Å². The van der Waals surface area contributed by atoms with Gasteiger partial charge in [-0.1, -0.05) is 26.0 Å². The number of rotatable bonds is 1. The van der Waals surface area contributed by atoms with Crippen molar-refractivity contribution < 1.29 is 0 Å². The molecule has 0 fully saturated rings. The van der Waals surface area contributed by atoms with Gasteiger partial charge in [-0.15, -0.1) is 0 Å². The van der Waals surface area contributed by atoms with Crippen LogP contribution < -0.4 is 0 Å². The van der Waals surface area contributed by atoms with E-state index in [1.807, 2.05) is 6.20 Å². The molecular formula is C12H14N2. The third-order valence-electron chi connectivity index (χ3n) is 2.55. The number of hydrogen-bond donors (Lipinski definition) is 0. The van der Waals surface area contributed by atoms with E-state index in [9.17, 15) is 0 Å². The largest absolute Gasteiger partial charge is 0.244 e. The van der Waals surface area contributed by atoms with Crippen LogP contribution in [0.4, 0.5) is 0 Å². The molecule has 0 bridgehead atoms. The second-order valence-electron chi connectivity index (χ2n) is 3.91. The summed E-state index contributed by atoms with van der Waals surface area (Å²) in [7, 11) is 0. The Morgan fingerprint density at radius 2 is 2.00 bits per heavy atom. The molecule has 1 aromatic carbocycles. The average Bonchev–Trinajstić information content (AvgIpc) is 2.18. The molecule has 0 radical (unpaired) electrons. The molecule has 2 heteroatoms. The van der Waals surface area contributed by atoms with Crippen molar-refractivity contribution in [1.29, 1.82) is 0 Å². The maximum absolute atomic E-state index is 4.35. The van der Waals surface area contributed by atoms with E-state index in [0.29, 0.717) is 5.92 Å². The lowest BCUT2D eigenvalue weighted by Crippen LogP contribution is -1.93. The van der Waals surface area contributed by atoms with Gasteiger partial charge in [-0.3, -0.25) is 0 Å². The fourth-order valence-electron chi connectivity index (χ4n) is 1.70. The van der Waals surface area contributed by atoms with Gasteiger partial charge in [0, 0.05) is 11.6 Å². The van der Waals surface area contributed by atoms with E-state index in [-0.39, 0.29) is 0 Å². The standard InChI is InChI=1S/C12H14N2/c1-8(2)10-5-4-9(3)11-6-13-7-14-12(10)11/h4-8H,1-3H3. The number of hydrogen-bond acceptors (Lipinski definition) is 2. The quantitative estimate of drug-likeness (QED) is 0.684. The molecule has 0 aliphatic carbocycles. The molecule has 0 atom stereocenters. The third kappa shape index (κ3) is 1.37. The SMILES string of the molecule is Cc1ccc(C(C)C)c2ncncc12. The molecule has 2 rings (SSSR count). The predicted molar refractivity (Wildman–Crippen MR) is 58.4 cm³/mol. The van der Waals surface area contributed by atoms with Crippen molar-refractivity contribution in [3.8, 4) is 0 Å². The number of benzene rings is 1. The Hall–Kier alpha value is -1.44. The summed E-state index contributed by atoms with van der Waals surface area (Å²) >= 11 is 0.